The lowest BCUT2D eigenvalue weighted by molar-refractivity contribution is 1.35. The number of benzene rings is 4. The van der Waals surface area contributed by atoms with E-state index in [4.69, 9.17) is 0 Å². The molecule has 0 amide bonds. The van der Waals surface area contributed by atoms with Gasteiger partial charge in [-0.05, 0) is 24.3 Å². The fraction of sp³-hybridized carbons (Fsp3) is 0. The molecule has 0 atom stereocenters. The molecule has 8 rings (SSSR count). The van der Waals surface area contributed by atoms with Gasteiger partial charge in [0, 0.05) is 32.3 Å². The van der Waals surface area contributed by atoms with Crippen molar-refractivity contribution in [2.45, 2.75) is 0 Å². The Balaban J connectivity index is 1.96. The number of hydrogen-bond acceptors (Lipinski definition) is 2. The molecule has 0 unspecified atom stereocenters. The summed E-state index contributed by atoms with van der Waals surface area (Å²) in [5, 5.41) is 6.37. The lowest BCUT2D eigenvalue weighted by Crippen LogP contribution is -2.06. The molecule has 0 saturated heterocycles. The largest absolute Gasteiger partial charge is 0.304 e. The molecular weight excluding hydrogens is 376 g/mol. The van der Waals surface area contributed by atoms with Crippen molar-refractivity contribution in [2.24, 2.45) is 0 Å². The summed E-state index contributed by atoms with van der Waals surface area (Å²) in [7, 11) is 0. The molecule has 0 aliphatic rings. The summed E-state index contributed by atoms with van der Waals surface area (Å²) in [6.07, 6.45) is 0. The van der Waals surface area contributed by atoms with E-state index in [-0.39, 0.29) is 5.43 Å². The summed E-state index contributed by atoms with van der Waals surface area (Å²) in [4.78, 5) is 13.5. The van der Waals surface area contributed by atoms with Crippen molar-refractivity contribution in [3.63, 3.8) is 0 Å². The third-order valence-electron chi connectivity index (χ3n) is 6.44. The van der Waals surface area contributed by atoms with Crippen LogP contribution in [-0.2, 0) is 0 Å². The summed E-state index contributed by atoms with van der Waals surface area (Å²) in [5.41, 5.74) is 5.71. The SMILES string of the molecule is O=c1c2cccc3c4cccc5sn6c7ccccc7c7ccc1c(c76)n(c54)c23. The lowest BCUT2D eigenvalue weighted by atomic mass is 10.1. The van der Waals surface area contributed by atoms with Gasteiger partial charge in [0.1, 0.15) is 0 Å². The van der Waals surface area contributed by atoms with Crippen molar-refractivity contribution in [2.75, 3.05) is 0 Å². The summed E-state index contributed by atoms with van der Waals surface area (Å²) in [6.45, 7) is 0. The van der Waals surface area contributed by atoms with Gasteiger partial charge in [0.2, 0.25) is 0 Å². The Labute approximate surface area is 167 Å². The molecule has 0 fully saturated rings. The van der Waals surface area contributed by atoms with Crippen LogP contribution in [0.1, 0.15) is 0 Å². The number of para-hydroxylation sites is 3. The normalized spacial score (nSPS) is 13.0. The number of rotatable bonds is 0. The van der Waals surface area contributed by atoms with Gasteiger partial charge in [0.05, 0.1) is 32.3 Å². The summed E-state index contributed by atoms with van der Waals surface area (Å²) < 4.78 is 5.88. The molecule has 0 bridgehead atoms. The first-order valence-electron chi connectivity index (χ1n) is 9.68. The molecule has 3 nitrogen and oxygen atoms in total. The molecule has 29 heavy (non-hydrogen) atoms. The van der Waals surface area contributed by atoms with E-state index >= 15 is 0 Å². The second-order valence-corrected chi connectivity index (χ2v) is 8.77. The summed E-state index contributed by atoms with van der Waals surface area (Å²) in [5.74, 6) is 0. The van der Waals surface area contributed by atoms with Crippen molar-refractivity contribution < 1.29 is 0 Å². The van der Waals surface area contributed by atoms with Crippen LogP contribution < -0.4 is 5.43 Å². The first-order valence-corrected chi connectivity index (χ1v) is 10.5. The van der Waals surface area contributed by atoms with E-state index in [1.807, 2.05) is 18.2 Å². The van der Waals surface area contributed by atoms with Crippen LogP contribution in [-0.4, -0.2) is 8.19 Å². The van der Waals surface area contributed by atoms with E-state index in [9.17, 15) is 4.79 Å². The van der Waals surface area contributed by atoms with E-state index in [0.717, 1.165) is 32.7 Å². The maximum atomic E-state index is 13.5. The van der Waals surface area contributed by atoms with Gasteiger partial charge in [0.15, 0.2) is 5.43 Å². The van der Waals surface area contributed by atoms with Gasteiger partial charge in [-0.3, -0.25) is 8.58 Å². The average molecular weight is 388 g/mol. The van der Waals surface area contributed by atoms with E-state index in [0.29, 0.717) is 0 Å². The Morgan fingerprint density at radius 3 is 2.14 bits per heavy atom. The maximum absolute atomic E-state index is 13.5. The molecule has 0 spiro atoms. The quantitative estimate of drug-likeness (QED) is 0.282. The standard InChI is InChI=1S/C25H12N2OS/c28-25-17-8-3-6-14-15-7-4-10-20-22(15)26(21(14)17)23-18(25)12-11-16-13-5-1-2-9-19(13)27(29-20)24(16)23/h1-12H. The Morgan fingerprint density at radius 2 is 1.21 bits per heavy atom. The predicted octanol–water partition coefficient (Wildman–Crippen LogP) is 6.26. The number of nitrogens with zero attached hydrogens (tertiary/aromatic N) is 2. The zero-order chi connectivity index (χ0) is 18.9. The minimum absolute atomic E-state index is 0.119. The van der Waals surface area contributed by atoms with E-state index in [1.54, 1.807) is 11.5 Å². The van der Waals surface area contributed by atoms with Crippen LogP contribution in [0.3, 0.4) is 0 Å². The maximum Gasteiger partial charge on any atom is 0.197 e. The molecule has 0 aliphatic carbocycles. The van der Waals surface area contributed by atoms with Gasteiger partial charge >= 0.3 is 0 Å². The second kappa shape index (κ2) is 4.50. The minimum atomic E-state index is 0.119. The molecule has 4 heteroatoms. The lowest BCUT2D eigenvalue weighted by Gasteiger charge is -2.07. The van der Waals surface area contributed by atoms with Crippen LogP contribution in [0.15, 0.2) is 77.6 Å². The Kier molecular flexibility index (Phi) is 2.23. The molecular formula is C25H12N2OS. The first kappa shape index (κ1) is 14.4. The number of pyridine rings is 1. The molecule has 4 heterocycles. The Morgan fingerprint density at radius 1 is 0.552 bits per heavy atom. The highest BCUT2D eigenvalue weighted by Gasteiger charge is 2.23. The Hall–Kier alpha value is -3.63. The van der Waals surface area contributed by atoms with Crippen LogP contribution in [0.25, 0.3) is 64.6 Å². The third-order valence-corrected chi connectivity index (χ3v) is 7.53. The van der Waals surface area contributed by atoms with Gasteiger partial charge < -0.3 is 4.40 Å². The van der Waals surface area contributed by atoms with E-state index in [2.05, 4.69) is 62.8 Å². The summed E-state index contributed by atoms with van der Waals surface area (Å²) >= 11 is 1.76. The van der Waals surface area contributed by atoms with Crippen molar-refractivity contribution in [3.8, 4) is 0 Å². The molecule has 0 N–H and O–H groups in total. The first-order chi connectivity index (χ1) is 14.3. The second-order valence-electron chi connectivity index (χ2n) is 7.78. The topological polar surface area (TPSA) is 25.9 Å². The molecule has 4 aromatic carbocycles. The third kappa shape index (κ3) is 1.43. The van der Waals surface area contributed by atoms with Gasteiger partial charge in [-0.25, -0.2) is 0 Å². The highest BCUT2D eigenvalue weighted by Crippen LogP contribution is 2.42. The van der Waals surface area contributed by atoms with Crippen LogP contribution in [0.5, 0.6) is 0 Å². The summed E-state index contributed by atoms with van der Waals surface area (Å²) in [6, 6.07) is 25.3. The van der Waals surface area contributed by atoms with Crippen LogP contribution in [0, 0.1) is 0 Å². The minimum Gasteiger partial charge on any atom is -0.304 e. The zero-order valence-electron chi connectivity index (χ0n) is 15.1. The highest BCUT2D eigenvalue weighted by atomic mass is 32.1. The average Bonchev–Trinajstić information content (AvgIpc) is 3.21. The van der Waals surface area contributed by atoms with Gasteiger partial charge in [-0.1, -0.05) is 60.1 Å². The number of hydrogen-bond donors (Lipinski definition) is 0. The monoisotopic (exact) mass is 388 g/mol. The van der Waals surface area contributed by atoms with Crippen molar-refractivity contribution >= 4 is 76.1 Å². The van der Waals surface area contributed by atoms with Gasteiger partial charge in [-0.2, -0.15) is 0 Å². The molecule has 8 aromatic rings. The molecule has 0 saturated carbocycles. The molecule has 134 valence electrons. The van der Waals surface area contributed by atoms with Crippen molar-refractivity contribution in [1.82, 2.24) is 8.19 Å². The smallest absolute Gasteiger partial charge is 0.197 e. The zero-order valence-corrected chi connectivity index (χ0v) is 16.0. The molecule has 0 aliphatic heterocycles. The van der Waals surface area contributed by atoms with Crippen molar-refractivity contribution in [1.29, 1.82) is 0 Å². The van der Waals surface area contributed by atoms with Crippen LogP contribution in [0.2, 0.25) is 0 Å². The molecule has 4 aromatic heterocycles. The van der Waals surface area contributed by atoms with Crippen LogP contribution in [0.4, 0.5) is 0 Å². The number of fused-ring (bicyclic) bond motifs is 4. The van der Waals surface area contributed by atoms with Crippen LogP contribution >= 0.6 is 11.5 Å². The van der Waals surface area contributed by atoms with E-state index < -0.39 is 0 Å². The predicted molar refractivity (Wildman–Crippen MR) is 122 cm³/mol. The number of aromatic nitrogens is 2. The van der Waals surface area contributed by atoms with E-state index in [1.165, 1.54) is 31.9 Å². The van der Waals surface area contributed by atoms with Gasteiger partial charge in [-0.15, -0.1) is 0 Å². The molecule has 0 radical (unpaired) electrons. The van der Waals surface area contributed by atoms with Crippen molar-refractivity contribution in [3.05, 3.63) is 83.0 Å². The highest BCUT2D eigenvalue weighted by molar-refractivity contribution is 7.14. The Bertz CT molecular complexity index is 1990. The van der Waals surface area contributed by atoms with Gasteiger partial charge in [0.25, 0.3) is 0 Å². The fourth-order valence-corrected chi connectivity index (χ4v) is 6.47. The fourth-order valence-electron chi connectivity index (χ4n) is 5.31.